The van der Waals surface area contributed by atoms with E-state index in [1.165, 1.54) is 12.1 Å². The largest absolute Gasteiger partial charge is 1.00 e. The van der Waals surface area contributed by atoms with Crippen LogP contribution in [0.2, 0.25) is 0 Å². The predicted octanol–water partition coefficient (Wildman–Crippen LogP) is -3.11. The van der Waals surface area contributed by atoms with Crippen LogP contribution in [0.1, 0.15) is 5.56 Å². The summed E-state index contributed by atoms with van der Waals surface area (Å²) in [5.41, 5.74) is 2.86. The molecule has 0 aliphatic rings. The Morgan fingerprint density at radius 3 is 2.03 bits per heavy atom. The van der Waals surface area contributed by atoms with Gasteiger partial charge < -0.3 is 15.4 Å². The molecular formula is C19H21N3Na2O8S3. The second-order valence-corrected chi connectivity index (χ2v) is 9.73. The van der Waals surface area contributed by atoms with Crippen molar-refractivity contribution >= 4 is 51.0 Å². The molecule has 0 bridgehead atoms. The monoisotopic (exact) mass is 561 g/mol. The molecule has 11 nitrogen and oxygen atoms in total. The summed E-state index contributed by atoms with van der Waals surface area (Å²) in [5.74, 6) is 0.897. The molecule has 2 rings (SSSR count). The van der Waals surface area contributed by atoms with E-state index < -0.39 is 9.84 Å². The fourth-order valence-electron chi connectivity index (χ4n) is 2.63. The molecule has 0 aliphatic heterocycles. The first kappa shape index (κ1) is 35.0. The van der Waals surface area contributed by atoms with Gasteiger partial charge in [0.25, 0.3) is 0 Å². The van der Waals surface area contributed by atoms with Crippen LogP contribution in [0.4, 0.5) is 17.1 Å². The van der Waals surface area contributed by atoms with E-state index in [-0.39, 0.29) is 64.0 Å². The maximum atomic E-state index is 11.8. The first-order valence-corrected chi connectivity index (χ1v) is 12.7. The Morgan fingerprint density at radius 2 is 1.54 bits per heavy atom. The van der Waals surface area contributed by atoms with Crippen molar-refractivity contribution in [3.63, 3.8) is 0 Å². The summed E-state index contributed by atoms with van der Waals surface area (Å²) in [6.45, 7) is 6.22. The summed E-state index contributed by atoms with van der Waals surface area (Å²) in [4.78, 5) is 2.13. The van der Waals surface area contributed by atoms with Crippen LogP contribution in [0.15, 0.2) is 69.6 Å². The standard InChI is InChI=1S/C19H23N3O8S3.2Na/c1-3-33(25,26)18-7-4-16(5-8-18)20-21-19-9-6-17(14-15(19)2)22(10-12-31-29-27-23)11-13-32-30-28-24;;/h3-9,14,23-24H,1,10-13H2,2H3;;/q;2*+1/p-2. The zero-order valence-corrected chi connectivity index (χ0v) is 25.9. The van der Waals surface area contributed by atoms with E-state index in [4.69, 9.17) is 0 Å². The van der Waals surface area contributed by atoms with Crippen LogP contribution >= 0.6 is 24.1 Å². The normalized spacial score (nSPS) is 11.1. The Kier molecular flexibility index (Phi) is 19.1. The third kappa shape index (κ3) is 12.4. The van der Waals surface area contributed by atoms with Gasteiger partial charge in [-0.2, -0.15) is 18.9 Å². The van der Waals surface area contributed by atoms with Gasteiger partial charge >= 0.3 is 59.1 Å². The van der Waals surface area contributed by atoms with Gasteiger partial charge in [0.05, 0.1) is 16.3 Å². The van der Waals surface area contributed by atoms with Crippen molar-refractivity contribution in [1.82, 2.24) is 0 Å². The average molecular weight is 562 g/mol. The number of benzene rings is 2. The number of nitrogens with zero attached hydrogens (tertiary/aromatic N) is 3. The second-order valence-electron chi connectivity index (χ2n) is 6.28. The number of azo groups is 1. The van der Waals surface area contributed by atoms with Gasteiger partial charge in [-0.15, -0.1) is 0 Å². The Balaban J connectivity index is 0.00000578. The Bertz CT molecular complexity index is 1020. The molecule has 2 aromatic rings. The molecule has 2 aromatic carbocycles. The summed E-state index contributed by atoms with van der Waals surface area (Å²) in [5, 5.41) is 35.8. The van der Waals surface area contributed by atoms with Crippen molar-refractivity contribution in [2.45, 2.75) is 11.8 Å². The first-order chi connectivity index (χ1) is 15.9. The summed E-state index contributed by atoms with van der Waals surface area (Å²) in [7, 11) is -3.50. The molecule has 0 heterocycles. The predicted molar refractivity (Wildman–Crippen MR) is 121 cm³/mol. The van der Waals surface area contributed by atoms with E-state index in [1.807, 2.05) is 24.0 Å². The Morgan fingerprint density at radius 1 is 0.971 bits per heavy atom. The molecular weight excluding hydrogens is 540 g/mol. The SMILES string of the molecule is C=CS(=O)(=O)c1ccc(N=Nc2ccc(N(CCSOO[O-])CCSOO[O-])cc2C)cc1.[Na+].[Na+]. The van der Waals surface area contributed by atoms with Gasteiger partial charge in [-0.3, -0.25) is 10.1 Å². The van der Waals surface area contributed by atoms with Crippen LogP contribution in [-0.4, -0.2) is 33.0 Å². The fourth-order valence-corrected chi connectivity index (χ4v) is 4.14. The minimum atomic E-state index is -3.50. The van der Waals surface area contributed by atoms with E-state index in [0.717, 1.165) is 40.7 Å². The topological polar surface area (TPSA) is 145 Å². The average Bonchev–Trinajstić information content (AvgIpc) is 2.82. The van der Waals surface area contributed by atoms with Gasteiger partial charge in [0.1, 0.15) is 0 Å². The van der Waals surface area contributed by atoms with Gasteiger partial charge in [0.2, 0.25) is 0 Å². The Hall–Kier alpha value is -0.01000. The smallest absolute Gasteiger partial charge is 0.691 e. The van der Waals surface area contributed by atoms with Gasteiger partial charge in [0.15, 0.2) is 9.84 Å². The Labute approximate surface area is 256 Å². The van der Waals surface area contributed by atoms with E-state index in [0.29, 0.717) is 36.0 Å². The molecule has 0 saturated heterocycles. The van der Waals surface area contributed by atoms with Crippen LogP contribution in [0.3, 0.4) is 0 Å². The summed E-state index contributed by atoms with van der Waals surface area (Å²) in [6, 6.07) is 11.6. The van der Waals surface area contributed by atoms with Crippen molar-refractivity contribution in [3.05, 3.63) is 60.0 Å². The van der Waals surface area contributed by atoms with Crippen LogP contribution < -0.4 is 74.5 Å². The molecule has 0 spiro atoms. The van der Waals surface area contributed by atoms with Gasteiger partial charge in [-0.05, 0) is 55.0 Å². The number of sulfone groups is 1. The van der Waals surface area contributed by atoms with Crippen LogP contribution in [-0.2, 0) is 28.6 Å². The second kappa shape index (κ2) is 19.1. The number of aryl methyl sites for hydroxylation is 1. The van der Waals surface area contributed by atoms with E-state index in [2.05, 4.69) is 35.6 Å². The first-order valence-electron chi connectivity index (χ1n) is 9.32. The molecule has 35 heavy (non-hydrogen) atoms. The zero-order valence-electron chi connectivity index (χ0n) is 19.5. The molecule has 0 unspecified atom stereocenters. The van der Waals surface area contributed by atoms with Crippen LogP contribution in [0.5, 0.6) is 0 Å². The molecule has 0 radical (unpaired) electrons. The molecule has 0 fully saturated rings. The van der Waals surface area contributed by atoms with Crippen LogP contribution in [0.25, 0.3) is 0 Å². The summed E-state index contributed by atoms with van der Waals surface area (Å²) >= 11 is 1.74. The molecule has 16 heteroatoms. The molecule has 0 saturated carbocycles. The minimum Gasteiger partial charge on any atom is -0.691 e. The zero-order chi connectivity index (χ0) is 24.1. The molecule has 0 aliphatic carbocycles. The number of hydrogen-bond acceptors (Lipinski definition) is 13. The van der Waals surface area contributed by atoms with Crippen molar-refractivity contribution in [2.24, 2.45) is 10.2 Å². The van der Waals surface area contributed by atoms with Crippen molar-refractivity contribution in [2.75, 3.05) is 29.5 Å². The fraction of sp³-hybridized carbons (Fsp3) is 0.263. The molecule has 0 atom stereocenters. The third-order valence-electron chi connectivity index (χ3n) is 4.24. The summed E-state index contributed by atoms with van der Waals surface area (Å²) in [6.07, 6.45) is 0. The van der Waals surface area contributed by atoms with Gasteiger partial charge in [0, 0.05) is 59.8 Å². The molecule has 0 N–H and O–H groups in total. The maximum absolute atomic E-state index is 11.8. The van der Waals surface area contributed by atoms with E-state index in [1.54, 1.807) is 18.2 Å². The number of anilines is 1. The van der Waals surface area contributed by atoms with E-state index in [9.17, 15) is 18.9 Å². The van der Waals surface area contributed by atoms with Gasteiger partial charge in [-0.1, -0.05) is 6.58 Å². The summed E-state index contributed by atoms with van der Waals surface area (Å²) < 4.78 is 32.2. The number of rotatable bonds is 15. The van der Waals surface area contributed by atoms with Crippen molar-refractivity contribution in [3.8, 4) is 0 Å². The maximum Gasteiger partial charge on any atom is 1.00 e. The quantitative estimate of drug-likeness (QED) is 0.0544. The number of hydrogen-bond donors (Lipinski definition) is 0. The molecule has 180 valence electrons. The molecule has 0 aromatic heterocycles. The van der Waals surface area contributed by atoms with Gasteiger partial charge in [-0.25, -0.2) is 8.42 Å². The molecule has 0 amide bonds. The van der Waals surface area contributed by atoms with Crippen LogP contribution in [0, 0.1) is 6.92 Å². The van der Waals surface area contributed by atoms with Crippen molar-refractivity contribution in [1.29, 1.82) is 0 Å². The minimum absolute atomic E-state index is 0. The van der Waals surface area contributed by atoms with E-state index >= 15 is 0 Å². The van der Waals surface area contributed by atoms with Crippen molar-refractivity contribution < 1.29 is 96.8 Å². The third-order valence-corrected chi connectivity index (χ3v) is 6.61.